The first-order valence-electron chi connectivity index (χ1n) is 1.56. The van der Waals surface area contributed by atoms with E-state index in [-0.39, 0.29) is 11.0 Å². The average Bonchev–Trinajstić information content (AvgIpc) is 1.37. The second-order valence-corrected chi connectivity index (χ2v) is 2.55. The molecule has 0 aromatic rings. The molecule has 0 unspecified atom stereocenters. The summed E-state index contributed by atoms with van der Waals surface area (Å²) in [5.41, 5.74) is 0. The molecule has 37 valence electrons. The van der Waals surface area contributed by atoms with E-state index in [0.717, 1.165) is 0 Å². The van der Waals surface area contributed by atoms with Crippen molar-refractivity contribution in [2.24, 2.45) is 0 Å². The molecular weight excluding hydrogens is 247 g/mol. The van der Waals surface area contributed by atoms with Gasteiger partial charge in [-0.1, -0.05) is 0 Å². The van der Waals surface area contributed by atoms with Crippen molar-refractivity contribution >= 4 is 0 Å². The van der Waals surface area contributed by atoms with Crippen molar-refractivity contribution in [2.45, 2.75) is 17.5 Å². The molecule has 0 atom stereocenters. The zero-order chi connectivity index (χ0) is 3.41. The van der Waals surface area contributed by atoms with Crippen molar-refractivity contribution in [1.82, 2.24) is 0 Å². The van der Waals surface area contributed by atoms with Crippen LogP contribution in [0.4, 0.5) is 0 Å². The Balaban J connectivity index is -0.0000000450. The summed E-state index contributed by atoms with van der Waals surface area (Å²) >= 11 is 1.39. The van der Waals surface area contributed by atoms with Crippen LogP contribution in [0.2, 0.25) is 4.18 Å². The van der Waals surface area contributed by atoms with Crippen LogP contribution in [0.3, 0.4) is 0 Å². The number of rotatable bonds is 1. The summed E-state index contributed by atoms with van der Waals surface area (Å²) in [5.74, 6) is 0. The van der Waals surface area contributed by atoms with Crippen LogP contribution in [0.5, 0.6) is 0 Å². The third-order valence-corrected chi connectivity index (χ3v) is 2.05. The largest absolute Gasteiger partial charge is 0.870 e. The molecular formula is C3H9HfO2. The molecule has 0 aliphatic carbocycles. The summed E-state index contributed by atoms with van der Waals surface area (Å²) in [5, 5.41) is 0. The van der Waals surface area contributed by atoms with E-state index in [1.54, 1.807) is 0 Å². The van der Waals surface area contributed by atoms with Crippen LogP contribution >= 0.6 is 0 Å². The fraction of sp³-hybridized carbons (Fsp3) is 1.00. The third-order valence-electron chi connectivity index (χ3n) is 0.250. The summed E-state index contributed by atoms with van der Waals surface area (Å²) in [4.78, 5) is 0. The molecule has 0 rings (SSSR count). The van der Waals surface area contributed by atoms with Crippen molar-refractivity contribution in [2.75, 3.05) is 0 Å². The van der Waals surface area contributed by atoms with Crippen molar-refractivity contribution in [3.05, 3.63) is 0 Å². The number of hydrogen-bond acceptors (Lipinski definition) is 2. The Bertz CT molecular complexity index is 10.8. The Hall–Kier alpha value is 0.790. The predicted octanol–water partition coefficient (Wildman–Crippen LogP) is 1.01. The van der Waals surface area contributed by atoms with Gasteiger partial charge in [-0.25, -0.2) is 0 Å². The maximum atomic E-state index is 2.22. The minimum atomic E-state index is 0. The molecule has 0 aromatic heterocycles. The molecule has 6 heavy (non-hydrogen) atoms. The van der Waals surface area contributed by atoms with Crippen LogP contribution in [0.1, 0.15) is 13.3 Å². The van der Waals surface area contributed by atoms with Crippen molar-refractivity contribution in [3.8, 4) is 0 Å². The molecule has 0 aliphatic rings. The second kappa shape index (κ2) is 17.1. The Kier molecular flexibility index (Phi) is 45.1. The standard InChI is InChI=1S/C3H7.Hf.2H2O/c1-3-2;;;/h1,3H2,2H3;;2*1H2/q;+2;;/p-2. The molecule has 0 radical (unpaired) electrons. The Morgan fingerprint density at radius 3 is 1.50 bits per heavy atom. The van der Waals surface area contributed by atoms with Crippen LogP contribution < -0.4 is 0 Å². The fourth-order valence-electron chi connectivity index (χ4n) is 0. The van der Waals surface area contributed by atoms with Crippen LogP contribution in [0, 0.1) is 0 Å². The summed E-state index contributed by atoms with van der Waals surface area (Å²) in [6.07, 6.45) is 1.38. The smallest absolute Gasteiger partial charge is 0.870 e. The molecule has 0 saturated heterocycles. The van der Waals surface area contributed by atoms with E-state index in [4.69, 9.17) is 0 Å². The van der Waals surface area contributed by atoms with Gasteiger partial charge in [-0.3, -0.25) is 0 Å². The molecule has 0 aromatic carbocycles. The topological polar surface area (TPSA) is 60.0 Å². The zero-order valence-corrected chi connectivity index (χ0v) is 7.40. The maximum Gasteiger partial charge on any atom is -0.870 e. The normalized spacial score (nSPS) is 5.17. The first-order valence-corrected chi connectivity index (χ1v) is 4.10. The predicted molar refractivity (Wildman–Crippen MR) is 19.0 cm³/mol. The SMILES string of the molecule is CC[CH2][Hf+2].[OH-].[OH-]. The molecule has 0 heterocycles. The van der Waals surface area contributed by atoms with E-state index in [2.05, 4.69) is 6.92 Å². The van der Waals surface area contributed by atoms with Crippen molar-refractivity contribution in [1.29, 1.82) is 0 Å². The summed E-state index contributed by atoms with van der Waals surface area (Å²) in [7, 11) is 0. The average molecular weight is 256 g/mol. The summed E-state index contributed by atoms with van der Waals surface area (Å²) in [6, 6.07) is 0. The van der Waals surface area contributed by atoms with Gasteiger partial charge in [-0.05, 0) is 0 Å². The van der Waals surface area contributed by atoms with Crippen molar-refractivity contribution in [3.63, 3.8) is 0 Å². The Labute approximate surface area is 53.1 Å². The first kappa shape index (κ1) is 15.8. The molecule has 2 N–H and O–H groups in total. The zero-order valence-electron chi connectivity index (χ0n) is 3.81. The first-order chi connectivity index (χ1) is 1.91. The van der Waals surface area contributed by atoms with E-state index >= 15 is 0 Å². The van der Waals surface area contributed by atoms with Gasteiger partial charge in [0, 0.05) is 0 Å². The van der Waals surface area contributed by atoms with Gasteiger partial charge in [0.2, 0.25) is 0 Å². The van der Waals surface area contributed by atoms with Gasteiger partial charge >= 0.3 is 41.9 Å². The molecule has 0 amide bonds. The van der Waals surface area contributed by atoms with Gasteiger partial charge < -0.3 is 11.0 Å². The molecule has 0 fully saturated rings. The van der Waals surface area contributed by atoms with Gasteiger partial charge in [-0.15, -0.1) is 0 Å². The molecule has 0 spiro atoms. The molecule has 2 nitrogen and oxygen atoms in total. The van der Waals surface area contributed by atoms with Gasteiger partial charge in [0.25, 0.3) is 0 Å². The second-order valence-electron chi connectivity index (χ2n) is 0.750. The van der Waals surface area contributed by atoms with Crippen LogP contribution in [0.15, 0.2) is 0 Å². The van der Waals surface area contributed by atoms with E-state index in [1.165, 1.54) is 35.0 Å². The minimum Gasteiger partial charge on any atom is -0.870 e. The van der Waals surface area contributed by atoms with E-state index in [1.807, 2.05) is 0 Å². The molecule has 0 saturated carbocycles. The van der Waals surface area contributed by atoms with E-state index in [9.17, 15) is 0 Å². The summed E-state index contributed by atoms with van der Waals surface area (Å²) in [6.45, 7) is 2.22. The van der Waals surface area contributed by atoms with E-state index in [0.29, 0.717) is 0 Å². The van der Waals surface area contributed by atoms with Crippen LogP contribution in [0.25, 0.3) is 0 Å². The molecule has 0 aliphatic heterocycles. The van der Waals surface area contributed by atoms with Gasteiger partial charge in [0.1, 0.15) is 0 Å². The van der Waals surface area contributed by atoms with Gasteiger partial charge in [-0.2, -0.15) is 0 Å². The fourth-order valence-corrected chi connectivity index (χ4v) is 0. The van der Waals surface area contributed by atoms with Crippen LogP contribution in [-0.4, -0.2) is 11.0 Å². The van der Waals surface area contributed by atoms with Gasteiger partial charge in [0.15, 0.2) is 0 Å². The monoisotopic (exact) mass is 257 g/mol. The third kappa shape index (κ3) is 21.5. The maximum absolute atomic E-state index is 2.22. The Morgan fingerprint density at radius 2 is 1.50 bits per heavy atom. The van der Waals surface area contributed by atoms with E-state index < -0.39 is 0 Å². The minimum absolute atomic E-state index is 0. The van der Waals surface area contributed by atoms with Crippen molar-refractivity contribution < 1.29 is 35.3 Å². The molecule has 0 bridgehead atoms. The Morgan fingerprint density at radius 1 is 1.33 bits per heavy atom. The summed E-state index contributed by atoms with van der Waals surface area (Å²) < 4.78 is 1.46. The number of hydrogen-bond donors (Lipinski definition) is 0. The molecule has 3 heteroatoms. The quantitative estimate of drug-likeness (QED) is 0.657. The van der Waals surface area contributed by atoms with Crippen LogP contribution in [-0.2, 0) is 24.4 Å². The van der Waals surface area contributed by atoms with Gasteiger partial charge in [0.05, 0.1) is 0 Å².